The summed E-state index contributed by atoms with van der Waals surface area (Å²) >= 11 is 11.6. The van der Waals surface area contributed by atoms with Crippen molar-refractivity contribution in [2.24, 2.45) is 0 Å². The van der Waals surface area contributed by atoms with Gasteiger partial charge in [0.1, 0.15) is 0 Å². The van der Waals surface area contributed by atoms with Crippen molar-refractivity contribution >= 4 is 29.1 Å². The molecule has 5 heteroatoms. The van der Waals surface area contributed by atoms with Gasteiger partial charge >= 0.3 is 0 Å². The SMILES string of the molecule is CCCC=CNNC(=O)c1ccc(Cl)cc1Cl. The second-order valence-corrected chi connectivity index (χ2v) is 4.26. The topological polar surface area (TPSA) is 41.1 Å². The number of carbonyl (C=O) groups excluding carboxylic acids is 1. The summed E-state index contributed by atoms with van der Waals surface area (Å²) in [5.41, 5.74) is 5.59. The van der Waals surface area contributed by atoms with Gasteiger partial charge in [-0.05, 0) is 24.6 Å². The molecule has 0 unspecified atom stereocenters. The molecule has 0 atom stereocenters. The van der Waals surface area contributed by atoms with Gasteiger partial charge in [0.15, 0.2) is 0 Å². The van der Waals surface area contributed by atoms with Crippen molar-refractivity contribution in [2.75, 3.05) is 0 Å². The van der Waals surface area contributed by atoms with E-state index in [0.717, 1.165) is 12.8 Å². The fourth-order valence-corrected chi connectivity index (χ4v) is 1.65. The Morgan fingerprint density at radius 2 is 2.18 bits per heavy atom. The van der Waals surface area contributed by atoms with Crippen molar-refractivity contribution < 1.29 is 4.79 Å². The van der Waals surface area contributed by atoms with Gasteiger partial charge in [-0.1, -0.05) is 42.6 Å². The van der Waals surface area contributed by atoms with Crippen molar-refractivity contribution in [2.45, 2.75) is 19.8 Å². The number of allylic oxidation sites excluding steroid dienone is 1. The average Bonchev–Trinajstić information content (AvgIpc) is 2.28. The predicted octanol–water partition coefficient (Wildman–Crippen LogP) is 3.54. The van der Waals surface area contributed by atoms with Gasteiger partial charge in [0.05, 0.1) is 10.6 Å². The Hall–Kier alpha value is -1.19. The molecule has 0 spiro atoms. The van der Waals surface area contributed by atoms with Crippen molar-refractivity contribution in [3.63, 3.8) is 0 Å². The van der Waals surface area contributed by atoms with Crippen LogP contribution in [-0.4, -0.2) is 5.91 Å². The van der Waals surface area contributed by atoms with Crippen LogP contribution in [0.15, 0.2) is 30.5 Å². The maximum absolute atomic E-state index is 11.7. The average molecular weight is 273 g/mol. The minimum Gasteiger partial charge on any atom is -0.306 e. The van der Waals surface area contributed by atoms with Crippen LogP contribution in [0.2, 0.25) is 10.0 Å². The number of benzene rings is 1. The summed E-state index contributed by atoms with van der Waals surface area (Å²) in [6.07, 6.45) is 5.65. The largest absolute Gasteiger partial charge is 0.306 e. The third kappa shape index (κ3) is 4.67. The summed E-state index contributed by atoms with van der Waals surface area (Å²) in [6.45, 7) is 2.08. The molecule has 0 aromatic heterocycles. The van der Waals surface area contributed by atoms with E-state index in [2.05, 4.69) is 17.8 Å². The molecule has 0 aliphatic heterocycles. The van der Waals surface area contributed by atoms with Crippen LogP contribution >= 0.6 is 23.2 Å². The number of hydrogen-bond acceptors (Lipinski definition) is 2. The first kappa shape index (κ1) is 13.9. The maximum Gasteiger partial charge on any atom is 0.271 e. The molecule has 0 radical (unpaired) electrons. The number of hydrazine groups is 1. The van der Waals surface area contributed by atoms with Crippen LogP contribution in [0.5, 0.6) is 0 Å². The summed E-state index contributed by atoms with van der Waals surface area (Å²) < 4.78 is 0. The Kier molecular flexibility index (Phi) is 5.87. The molecule has 1 aromatic carbocycles. The first-order valence-electron chi connectivity index (χ1n) is 5.31. The number of carbonyl (C=O) groups is 1. The highest BCUT2D eigenvalue weighted by molar-refractivity contribution is 6.36. The summed E-state index contributed by atoms with van der Waals surface area (Å²) in [4.78, 5) is 11.7. The zero-order chi connectivity index (χ0) is 12.7. The Bertz CT molecular complexity index is 419. The van der Waals surface area contributed by atoms with Crippen molar-refractivity contribution in [1.29, 1.82) is 0 Å². The molecule has 0 saturated heterocycles. The molecule has 1 amide bonds. The van der Waals surface area contributed by atoms with Crippen molar-refractivity contribution in [1.82, 2.24) is 10.9 Å². The van der Waals surface area contributed by atoms with Gasteiger partial charge < -0.3 is 5.43 Å². The predicted molar refractivity (Wildman–Crippen MR) is 71.1 cm³/mol. The molecule has 0 bridgehead atoms. The van der Waals surface area contributed by atoms with Crippen molar-refractivity contribution in [3.05, 3.63) is 46.1 Å². The highest BCUT2D eigenvalue weighted by Crippen LogP contribution is 2.20. The number of amides is 1. The fourth-order valence-electron chi connectivity index (χ4n) is 1.16. The van der Waals surface area contributed by atoms with E-state index >= 15 is 0 Å². The molecular weight excluding hydrogens is 259 g/mol. The molecule has 2 N–H and O–H groups in total. The number of hydrogen-bond donors (Lipinski definition) is 2. The molecule has 92 valence electrons. The maximum atomic E-state index is 11.7. The lowest BCUT2D eigenvalue weighted by Gasteiger charge is -2.06. The summed E-state index contributed by atoms with van der Waals surface area (Å²) in [5.74, 6) is -0.298. The molecule has 17 heavy (non-hydrogen) atoms. The van der Waals surface area contributed by atoms with E-state index in [4.69, 9.17) is 23.2 Å². The monoisotopic (exact) mass is 272 g/mol. The van der Waals surface area contributed by atoms with Crippen molar-refractivity contribution in [3.8, 4) is 0 Å². The fraction of sp³-hybridized carbons (Fsp3) is 0.250. The summed E-state index contributed by atoms with van der Waals surface area (Å²) in [7, 11) is 0. The van der Waals surface area contributed by atoms with Gasteiger partial charge in [-0.3, -0.25) is 10.2 Å². The third-order valence-electron chi connectivity index (χ3n) is 2.02. The van der Waals surface area contributed by atoms with Crippen LogP contribution in [0.4, 0.5) is 0 Å². The number of halogens is 2. The van der Waals surface area contributed by atoms with E-state index in [0.29, 0.717) is 15.6 Å². The second kappa shape index (κ2) is 7.20. The Balaban J connectivity index is 2.52. The quantitative estimate of drug-likeness (QED) is 0.805. The first-order chi connectivity index (χ1) is 8.15. The minimum absolute atomic E-state index is 0.298. The number of rotatable bonds is 5. The van der Waals surface area contributed by atoms with Crippen LogP contribution in [0.1, 0.15) is 30.1 Å². The number of unbranched alkanes of at least 4 members (excludes halogenated alkanes) is 1. The molecule has 0 fully saturated rings. The first-order valence-corrected chi connectivity index (χ1v) is 6.06. The van der Waals surface area contributed by atoms with Gasteiger partial charge in [-0.25, -0.2) is 0 Å². The van der Waals surface area contributed by atoms with E-state index in [-0.39, 0.29) is 5.91 Å². The Morgan fingerprint density at radius 1 is 1.41 bits per heavy atom. The number of nitrogens with one attached hydrogen (secondary N) is 2. The zero-order valence-corrected chi connectivity index (χ0v) is 11.0. The lowest BCUT2D eigenvalue weighted by Crippen LogP contribution is -2.33. The minimum atomic E-state index is -0.298. The molecule has 1 aromatic rings. The molecular formula is C12H14Cl2N2O. The van der Waals surface area contributed by atoms with Gasteiger partial charge in [-0.2, -0.15) is 0 Å². The molecule has 0 saturated carbocycles. The van der Waals surface area contributed by atoms with Gasteiger partial charge in [0.25, 0.3) is 5.91 Å². The van der Waals surface area contributed by atoms with Crippen LogP contribution in [0, 0.1) is 0 Å². The zero-order valence-electron chi connectivity index (χ0n) is 9.47. The lowest BCUT2D eigenvalue weighted by molar-refractivity contribution is 0.0941. The lowest BCUT2D eigenvalue weighted by atomic mass is 10.2. The molecule has 3 nitrogen and oxygen atoms in total. The van der Waals surface area contributed by atoms with E-state index in [9.17, 15) is 4.79 Å². The normalized spacial score (nSPS) is 10.5. The highest BCUT2D eigenvalue weighted by Gasteiger charge is 2.09. The van der Waals surface area contributed by atoms with Crippen LogP contribution in [-0.2, 0) is 0 Å². The van der Waals surface area contributed by atoms with Gasteiger partial charge in [0.2, 0.25) is 0 Å². The molecule has 0 aliphatic carbocycles. The van der Waals surface area contributed by atoms with Gasteiger partial charge in [-0.15, -0.1) is 0 Å². The Labute approximate surface area is 111 Å². The van der Waals surface area contributed by atoms with Crippen LogP contribution < -0.4 is 10.9 Å². The Morgan fingerprint density at radius 3 is 2.82 bits per heavy atom. The molecule has 0 heterocycles. The van der Waals surface area contributed by atoms with E-state index in [1.807, 2.05) is 6.08 Å². The van der Waals surface area contributed by atoms with Crippen LogP contribution in [0.25, 0.3) is 0 Å². The van der Waals surface area contributed by atoms with E-state index in [1.54, 1.807) is 18.3 Å². The summed E-state index contributed by atoms with van der Waals surface area (Å²) in [6, 6.07) is 4.73. The molecule has 1 rings (SSSR count). The molecule has 0 aliphatic rings. The van der Waals surface area contributed by atoms with E-state index < -0.39 is 0 Å². The summed E-state index contributed by atoms with van der Waals surface area (Å²) in [5, 5.41) is 0.830. The smallest absolute Gasteiger partial charge is 0.271 e. The van der Waals surface area contributed by atoms with E-state index in [1.165, 1.54) is 6.07 Å². The van der Waals surface area contributed by atoms with Crippen LogP contribution in [0.3, 0.4) is 0 Å². The van der Waals surface area contributed by atoms with Gasteiger partial charge in [0, 0.05) is 11.2 Å². The second-order valence-electron chi connectivity index (χ2n) is 3.41. The third-order valence-corrected chi connectivity index (χ3v) is 2.57. The standard InChI is InChI=1S/C12H14Cl2N2O/c1-2-3-4-7-15-16-12(17)10-6-5-9(13)8-11(10)14/h4-8,15H,2-3H2,1H3,(H,16,17). The highest BCUT2D eigenvalue weighted by atomic mass is 35.5.